The standard InChI is InChI=1S/C26H28N6O2/c1-18-14-25(30-26(28-18)29-19-15-20(33-2)17-21(16-19)34-3)32-12-10-31(11-13-32)24-8-9-27-23-7-5-4-6-22(23)24/h4-9,14-17H,10-13H2,1-3H3,(H,28,29,30). The molecule has 1 saturated heterocycles. The minimum absolute atomic E-state index is 0.549. The number of rotatable bonds is 6. The molecule has 34 heavy (non-hydrogen) atoms. The number of aromatic nitrogens is 3. The van der Waals surface area contributed by atoms with Gasteiger partial charge in [-0.25, -0.2) is 4.98 Å². The fourth-order valence-electron chi connectivity index (χ4n) is 4.31. The number of fused-ring (bicyclic) bond motifs is 1. The largest absolute Gasteiger partial charge is 0.497 e. The van der Waals surface area contributed by atoms with Crippen LogP contribution in [0.25, 0.3) is 10.9 Å². The molecular formula is C26H28N6O2. The van der Waals surface area contributed by atoms with Gasteiger partial charge in [-0.3, -0.25) is 4.98 Å². The number of pyridine rings is 1. The SMILES string of the molecule is COc1cc(Nc2nc(C)cc(N3CCN(c4ccnc5ccccc45)CC3)n2)cc(OC)c1. The van der Waals surface area contributed by atoms with Gasteiger partial charge in [0, 0.05) is 79.1 Å². The number of aryl methyl sites for hydroxylation is 1. The van der Waals surface area contributed by atoms with E-state index in [0.29, 0.717) is 17.4 Å². The summed E-state index contributed by atoms with van der Waals surface area (Å²) in [5.41, 5.74) is 3.98. The summed E-state index contributed by atoms with van der Waals surface area (Å²) in [7, 11) is 3.27. The van der Waals surface area contributed by atoms with Gasteiger partial charge in [-0.15, -0.1) is 0 Å². The third-order valence-corrected chi connectivity index (χ3v) is 6.02. The maximum atomic E-state index is 5.37. The first-order chi connectivity index (χ1) is 16.6. The number of piperazine rings is 1. The van der Waals surface area contributed by atoms with E-state index in [0.717, 1.165) is 48.9 Å². The number of benzene rings is 2. The van der Waals surface area contributed by atoms with Gasteiger partial charge in [0.15, 0.2) is 0 Å². The summed E-state index contributed by atoms with van der Waals surface area (Å²) in [5, 5.41) is 4.49. The molecule has 1 aliphatic rings. The summed E-state index contributed by atoms with van der Waals surface area (Å²) >= 11 is 0. The van der Waals surface area contributed by atoms with E-state index in [1.807, 2.05) is 43.5 Å². The predicted molar refractivity (Wildman–Crippen MR) is 136 cm³/mol. The smallest absolute Gasteiger partial charge is 0.229 e. The number of nitrogens with one attached hydrogen (secondary N) is 1. The molecule has 3 heterocycles. The number of para-hydroxylation sites is 1. The van der Waals surface area contributed by atoms with Crippen molar-refractivity contribution in [3.63, 3.8) is 0 Å². The van der Waals surface area contributed by atoms with Crippen LogP contribution in [0.15, 0.2) is 60.8 Å². The molecule has 1 N–H and O–H groups in total. The second kappa shape index (κ2) is 9.43. The Labute approximate surface area is 199 Å². The van der Waals surface area contributed by atoms with E-state index in [1.54, 1.807) is 14.2 Å². The molecule has 0 radical (unpaired) electrons. The third kappa shape index (κ3) is 4.52. The van der Waals surface area contributed by atoms with Gasteiger partial charge < -0.3 is 24.6 Å². The number of anilines is 4. The van der Waals surface area contributed by atoms with Gasteiger partial charge in [-0.1, -0.05) is 18.2 Å². The first-order valence-corrected chi connectivity index (χ1v) is 11.3. The second-order valence-corrected chi connectivity index (χ2v) is 8.24. The highest BCUT2D eigenvalue weighted by Gasteiger charge is 2.21. The Bertz CT molecular complexity index is 1280. The molecule has 1 aliphatic heterocycles. The summed E-state index contributed by atoms with van der Waals surface area (Å²) < 4.78 is 10.7. The van der Waals surface area contributed by atoms with Crippen LogP contribution in [0.3, 0.4) is 0 Å². The van der Waals surface area contributed by atoms with Crippen LogP contribution in [0, 0.1) is 6.92 Å². The van der Waals surface area contributed by atoms with E-state index in [9.17, 15) is 0 Å². The van der Waals surface area contributed by atoms with Crippen LogP contribution in [0.2, 0.25) is 0 Å². The topological polar surface area (TPSA) is 75.6 Å². The predicted octanol–water partition coefficient (Wildman–Crippen LogP) is 4.42. The van der Waals surface area contributed by atoms with Crippen molar-refractivity contribution in [1.82, 2.24) is 15.0 Å². The maximum absolute atomic E-state index is 5.37. The van der Waals surface area contributed by atoms with E-state index in [1.165, 1.54) is 11.1 Å². The lowest BCUT2D eigenvalue weighted by Crippen LogP contribution is -2.47. The van der Waals surface area contributed by atoms with Crippen molar-refractivity contribution < 1.29 is 9.47 Å². The quantitative estimate of drug-likeness (QED) is 0.457. The minimum Gasteiger partial charge on any atom is -0.497 e. The molecule has 0 bridgehead atoms. The summed E-state index contributed by atoms with van der Waals surface area (Å²) in [6, 6.07) is 18.1. The van der Waals surface area contributed by atoms with E-state index in [-0.39, 0.29) is 0 Å². The van der Waals surface area contributed by atoms with Crippen molar-refractivity contribution in [2.24, 2.45) is 0 Å². The number of hydrogen-bond acceptors (Lipinski definition) is 8. The van der Waals surface area contributed by atoms with Crippen molar-refractivity contribution in [2.45, 2.75) is 6.92 Å². The summed E-state index contributed by atoms with van der Waals surface area (Å²) in [6.45, 7) is 5.56. The highest BCUT2D eigenvalue weighted by Crippen LogP contribution is 2.29. The zero-order valence-corrected chi connectivity index (χ0v) is 19.7. The minimum atomic E-state index is 0.549. The lowest BCUT2D eigenvalue weighted by atomic mass is 10.1. The maximum Gasteiger partial charge on any atom is 0.229 e. The molecule has 8 heteroatoms. The Morgan fingerprint density at radius 1 is 0.824 bits per heavy atom. The Kier molecular flexibility index (Phi) is 6.03. The molecule has 2 aromatic carbocycles. The van der Waals surface area contributed by atoms with Crippen LogP contribution in [-0.4, -0.2) is 55.4 Å². The fourth-order valence-corrected chi connectivity index (χ4v) is 4.31. The molecule has 1 fully saturated rings. The number of methoxy groups -OCH3 is 2. The molecule has 4 aromatic rings. The van der Waals surface area contributed by atoms with E-state index in [4.69, 9.17) is 14.5 Å². The normalized spacial score (nSPS) is 13.7. The number of nitrogens with zero attached hydrogens (tertiary/aromatic N) is 5. The average molecular weight is 457 g/mol. The Balaban J connectivity index is 1.33. The summed E-state index contributed by atoms with van der Waals surface area (Å²) in [4.78, 5) is 18.6. The fraction of sp³-hybridized carbons (Fsp3) is 0.269. The zero-order chi connectivity index (χ0) is 23.5. The van der Waals surface area contributed by atoms with Gasteiger partial charge in [-0.2, -0.15) is 4.98 Å². The van der Waals surface area contributed by atoms with Gasteiger partial charge in [0.1, 0.15) is 17.3 Å². The van der Waals surface area contributed by atoms with Crippen LogP contribution < -0.4 is 24.6 Å². The molecule has 0 atom stereocenters. The van der Waals surface area contributed by atoms with E-state index >= 15 is 0 Å². The van der Waals surface area contributed by atoms with Crippen molar-refractivity contribution in [1.29, 1.82) is 0 Å². The first-order valence-electron chi connectivity index (χ1n) is 11.3. The first kappa shape index (κ1) is 21.8. The second-order valence-electron chi connectivity index (χ2n) is 8.24. The number of ether oxygens (including phenoxy) is 2. The van der Waals surface area contributed by atoms with Gasteiger partial charge >= 0.3 is 0 Å². The lowest BCUT2D eigenvalue weighted by Gasteiger charge is -2.37. The van der Waals surface area contributed by atoms with Crippen molar-refractivity contribution >= 4 is 34.0 Å². The van der Waals surface area contributed by atoms with E-state index < -0.39 is 0 Å². The Hall–Kier alpha value is -4.07. The Morgan fingerprint density at radius 2 is 1.53 bits per heavy atom. The molecule has 174 valence electrons. The molecule has 0 amide bonds. The molecule has 2 aromatic heterocycles. The van der Waals surface area contributed by atoms with E-state index in [2.05, 4.69) is 49.4 Å². The van der Waals surface area contributed by atoms with Crippen LogP contribution in [0.1, 0.15) is 5.69 Å². The third-order valence-electron chi connectivity index (χ3n) is 6.02. The lowest BCUT2D eigenvalue weighted by molar-refractivity contribution is 0.395. The molecule has 0 saturated carbocycles. The molecule has 0 aliphatic carbocycles. The van der Waals surface area contributed by atoms with Crippen molar-refractivity contribution in [2.75, 3.05) is 55.5 Å². The number of hydrogen-bond donors (Lipinski definition) is 1. The van der Waals surface area contributed by atoms with Crippen LogP contribution in [0.4, 0.5) is 23.1 Å². The van der Waals surface area contributed by atoms with Crippen LogP contribution in [0.5, 0.6) is 11.5 Å². The zero-order valence-electron chi connectivity index (χ0n) is 19.7. The molecule has 5 rings (SSSR count). The molecule has 0 spiro atoms. The van der Waals surface area contributed by atoms with Gasteiger partial charge in [0.2, 0.25) is 5.95 Å². The molecule has 0 unspecified atom stereocenters. The monoisotopic (exact) mass is 456 g/mol. The Morgan fingerprint density at radius 3 is 2.26 bits per heavy atom. The van der Waals surface area contributed by atoms with Crippen molar-refractivity contribution in [3.8, 4) is 11.5 Å². The van der Waals surface area contributed by atoms with Crippen molar-refractivity contribution in [3.05, 3.63) is 66.5 Å². The molecule has 8 nitrogen and oxygen atoms in total. The van der Waals surface area contributed by atoms with Gasteiger partial charge in [0.25, 0.3) is 0 Å². The highest BCUT2D eigenvalue weighted by atomic mass is 16.5. The summed E-state index contributed by atoms with van der Waals surface area (Å²) in [6.07, 6.45) is 1.89. The van der Waals surface area contributed by atoms with Gasteiger partial charge in [-0.05, 0) is 19.1 Å². The van der Waals surface area contributed by atoms with Crippen LogP contribution in [-0.2, 0) is 0 Å². The summed E-state index contributed by atoms with van der Waals surface area (Å²) in [5.74, 6) is 2.88. The average Bonchev–Trinajstić information content (AvgIpc) is 2.88. The van der Waals surface area contributed by atoms with Gasteiger partial charge in [0.05, 0.1) is 19.7 Å². The molecular weight excluding hydrogens is 428 g/mol. The highest BCUT2D eigenvalue weighted by molar-refractivity contribution is 5.91. The van der Waals surface area contributed by atoms with Crippen LogP contribution >= 0.6 is 0 Å².